The Balaban J connectivity index is 1.57. The number of anilines is 1. The van der Waals surface area contributed by atoms with Gasteiger partial charge in [0, 0.05) is 19.3 Å². The van der Waals surface area contributed by atoms with Gasteiger partial charge in [-0.05, 0) is 24.1 Å². The molecule has 6 heteroatoms. The molecule has 1 fully saturated rings. The molecule has 0 bridgehead atoms. The zero-order chi connectivity index (χ0) is 18.4. The largest absolute Gasteiger partial charge is 0.358 e. The fourth-order valence-electron chi connectivity index (χ4n) is 2.86. The summed E-state index contributed by atoms with van der Waals surface area (Å²) in [4.78, 5) is 30.4. The molecule has 2 N–H and O–H groups in total. The highest BCUT2D eigenvalue weighted by molar-refractivity contribution is 5.94. The maximum atomic E-state index is 12.6. The van der Waals surface area contributed by atoms with Gasteiger partial charge in [-0.1, -0.05) is 36.3 Å². The van der Waals surface area contributed by atoms with Crippen molar-refractivity contribution < 1.29 is 9.59 Å². The Kier molecular flexibility index (Phi) is 5.49. The van der Waals surface area contributed by atoms with Gasteiger partial charge in [0.05, 0.1) is 12.1 Å². The molecule has 2 heterocycles. The van der Waals surface area contributed by atoms with Crippen molar-refractivity contribution in [2.45, 2.75) is 19.0 Å². The van der Waals surface area contributed by atoms with E-state index in [2.05, 4.69) is 21.5 Å². The van der Waals surface area contributed by atoms with Gasteiger partial charge in [0.1, 0.15) is 11.9 Å². The third-order valence-corrected chi connectivity index (χ3v) is 4.21. The lowest BCUT2D eigenvalue weighted by Crippen LogP contribution is -2.33. The number of terminal acetylenes is 1. The van der Waals surface area contributed by atoms with E-state index in [0.717, 1.165) is 12.0 Å². The number of benzene rings is 1. The minimum atomic E-state index is -0.299. The van der Waals surface area contributed by atoms with Crippen LogP contribution >= 0.6 is 0 Å². The number of carbonyl (C=O) groups excluding carboxylic acids is 2. The second-order valence-corrected chi connectivity index (χ2v) is 6.05. The van der Waals surface area contributed by atoms with Crippen molar-refractivity contribution in [1.29, 1.82) is 0 Å². The zero-order valence-electron chi connectivity index (χ0n) is 14.3. The molecule has 0 aliphatic carbocycles. The molecule has 6 nitrogen and oxygen atoms in total. The fourth-order valence-corrected chi connectivity index (χ4v) is 2.86. The van der Waals surface area contributed by atoms with Gasteiger partial charge in [-0.15, -0.1) is 6.42 Å². The third-order valence-electron chi connectivity index (χ3n) is 4.21. The predicted molar refractivity (Wildman–Crippen MR) is 99.3 cm³/mol. The highest BCUT2D eigenvalue weighted by Crippen LogP contribution is 2.18. The molecule has 1 aliphatic heterocycles. The first-order valence-electron chi connectivity index (χ1n) is 8.44. The average Bonchev–Trinajstić information content (AvgIpc) is 3.01. The third kappa shape index (κ3) is 4.19. The zero-order valence-corrected chi connectivity index (χ0v) is 14.3. The van der Waals surface area contributed by atoms with Crippen molar-refractivity contribution in [3.63, 3.8) is 0 Å². The Morgan fingerprint density at radius 1 is 1.27 bits per heavy atom. The molecule has 2 amide bonds. The smallest absolute Gasteiger partial charge is 0.253 e. The number of rotatable bonds is 6. The van der Waals surface area contributed by atoms with Crippen LogP contribution in [0.15, 0.2) is 48.7 Å². The molecule has 1 aromatic carbocycles. The number of likely N-dealkylation sites (tertiary alicyclic amines) is 1. The van der Waals surface area contributed by atoms with Crippen molar-refractivity contribution in [3.05, 3.63) is 59.8 Å². The molecule has 3 rings (SSSR count). The van der Waals surface area contributed by atoms with Crippen LogP contribution in [0.25, 0.3) is 0 Å². The van der Waals surface area contributed by atoms with Crippen LogP contribution in [0.2, 0.25) is 0 Å². The minimum Gasteiger partial charge on any atom is -0.358 e. The van der Waals surface area contributed by atoms with E-state index in [1.54, 1.807) is 12.1 Å². The van der Waals surface area contributed by atoms with E-state index >= 15 is 0 Å². The lowest BCUT2D eigenvalue weighted by molar-refractivity contribution is -0.128. The Morgan fingerprint density at radius 3 is 2.77 bits per heavy atom. The monoisotopic (exact) mass is 348 g/mol. The quantitative estimate of drug-likeness (QED) is 0.779. The summed E-state index contributed by atoms with van der Waals surface area (Å²) in [6.07, 6.45) is 7.30. The van der Waals surface area contributed by atoms with E-state index in [1.807, 2.05) is 35.2 Å². The lowest BCUT2D eigenvalue weighted by Gasteiger charge is -2.17. The molecule has 1 saturated heterocycles. The summed E-state index contributed by atoms with van der Waals surface area (Å²) in [5.41, 5.74) is 1.54. The maximum absolute atomic E-state index is 12.6. The first-order valence-corrected chi connectivity index (χ1v) is 8.44. The predicted octanol–water partition coefficient (Wildman–Crippen LogP) is 1.66. The summed E-state index contributed by atoms with van der Waals surface area (Å²) in [5, 5.41) is 5.73. The van der Waals surface area contributed by atoms with Gasteiger partial charge >= 0.3 is 0 Å². The van der Waals surface area contributed by atoms with E-state index in [4.69, 9.17) is 6.42 Å². The minimum absolute atomic E-state index is 0.0616. The van der Waals surface area contributed by atoms with E-state index in [1.165, 1.54) is 6.20 Å². The Labute approximate surface area is 152 Å². The van der Waals surface area contributed by atoms with Gasteiger partial charge in [-0.3, -0.25) is 9.59 Å². The van der Waals surface area contributed by atoms with Crippen LogP contribution in [-0.4, -0.2) is 40.8 Å². The molecule has 1 aliphatic rings. The topological polar surface area (TPSA) is 74.3 Å². The summed E-state index contributed by atoms with van der Waals surface area (Å²) in [6.45, 7) is 1.49. The molecule has 0 spiro atoms. The second-order valence-electron chi connectivity index (χ2n) is 6.05. The number of amides is 2. The van der Waals surface area contributed by atoms with Crippen molar-refractivity contribution in [2.75, 3.05) is 18.4 Å². The highest BCUT2D eigenvalue weighted by atomic mass is 16.2. The van der Waals surface area contributed by atoms with E-state index in [-0.39, 0.29) is 24.4 Å². The summed E-state index contributed by atoms with van der Waals surface area (Å²) in [6, 6.07) is 13.0. The Morgan fingerprint density at radius 2 is 2.08 bits per heavy atom. The molecule has 1 atom stereocenters. The molecular formula is C20H20N4O2. The van der Waals surface area contributed by atoms with E-state index < -0.39 is 0 Å². The van der Waals surface area contributed by atoms with Crippen molar-refractivity contribution in [1.82, 2.24) is 15.2 Å². The lowest BCUT2D eigenvalue weighted by atomic mass is 10.2. The number of nitrogens with one attached hydrogen (secondary N) is 2. The van der Waals surface area contributed by atoms with E-state index in [0.29, 0.717) is 24.5 Å². The van der Waals surface area contributed by atoms with Crippen LogP contribution < -0.4 is 10.6 Å². The SMILES string of the molecule is C#CCNC(=O)c1ccc(NC2CCN(Cc3ccccc3)C2=O)nc1. The fraction of sp³-hybridized carbons (Fsp3) is 0.250. The summed E-state index contributed by atoms with van der Waals surface area (Å²) in [5.74, 6) is 2.71. The van der Waals surface area contributed by atoms with Crippen LogP contribution in [0.3, 0.4) is 0 Å². The van der Waals surface area contributed by atoms with Gasteiger partial charge in [0.25, 0.3) is 5.91 Å². The van der Waals surface area contributed by atoms with Crippen molar-refractivity contribution >= 4 is 17.6 Å². The molecule has 0 radical (unpaired) electrons. The molecule has 132 valence electrons. The second kappa shape index (κ2) is 8.17. The maximum Gasteiger partial charge on any atom is 0.253 e. The van der Waals surface area contributed by atoms with Gasteiger partial charge < -0.3 is 15.5 Å². The molecule has 1 aromatic heterocycles. The molecular weight excluding hydrogens is 328 g/mol. The van der Waals surface area contributed by atoms with Crippen molar-refractivity contribution in [2.24, 2.45) is 0 Å². The molecule has 1 unspecified atom stereocenters. The summed E-state index contributed by atoms with van der Waals surface area (Å²) >= 11 is 0. The van der Waals surface area contributed by atoms with Gasteiger partial charge in [-0.2, -0.15) is 0 Å². The van der Waals surface area contributed by atoms with Gasteiger partial charge in [0.2, 0.25) is 5.91 Å². The van der Waals surface area contributed by atoms with Crippen LogP contribution in [0.5, 0.6) is 0 Å². The number of hydrogen-bond acceptors (Lipinski definition) is 4. The molecule has 26 heavy (non-hydrogen) atoms. The first kappa shape index (κ1) is 17.5. The van der Waals surface area contributed by atoms with Gasteiger partial charge in [0.15, 0.2) is 0 Å². The van der Waals surface area contributed by atoms with Crippen LogP contribution in [-0.2, 0) is 11.3 Å². The Hall–Kier alpha value is -3.33. The Bertz CT molecular complexity index is 812. The normalized spacial score (nSPS) is 16.2. The van der Waals surface area contributed by atoms with E-state index in [9.17, 15) is 9.59 Å². The number of hydrogen-bond donors (Lipinski definition) is 2. The van der Waals surface area contributed by atoms with Crippen LogP contribution in [0.4, 0.5) is 5.82 Å². The van der Waals surface area contributed by atoms with Crippen molar-refractivity contribution in [3.8, 4) is 12.3 Å². The number of carbonyl (C=O) groups is 2. The number of pyridine rings is 1. The van der Waals surface area contributed by atoms with Gasteiger partial charge in [-0.25, -0.2) is 4.98 Å². The summed E-state index contributed by atoms with van der Waals surface area (Å²) < 4.78 is 0. The average molecular weight is 348 g/mol. The standard InChI is InChI=1S/C20H20N4O2/c1-2-11-21-19(25)16-8-9-18(22-13-16)23-17-10-12-24(20(17)26)14-15-6-4-3-5-7-15/h1,3-9,13,17H,10-12,14H2,(H,21,25)(H,22,23). The summed E-state index contributed by atoms with van der Waals surface area (Å²) in [7, 11) is 0. The number of nitrogens with zero attached hydrogens (tertiary/aromatic N) is 2. The molecule has 2 aromatic rings. The highest BCUT2D eigenvalue weighted by Gasteiger charge is 2.31. The molecule has 0 saturated carbocycles. The van der Waals surface area contributed by atoms with Crippen LogP contribution in [0.1, 0.15) is 22.3 Å². The van der Waals surface area contributed by atoms with Crippen LogP contribution in [0, 0.1) is 12.3 Å². The number of aromatic nitrogens is 1. The first-order chi connectivity index (χ1) is 12.7.